The Kier molecular flexibility index (Phi) is 7.99. The first-order chi connectivity index (χ1) is 14.6. The molecule has 30 heavy (non-hydrogen) atoms. The molecule has 1 fully saturated rings. The van der Waals surface area contributed by atoms with Crippen molar-refractivity contribution in [1.82, 2.24) is 25.4 Å². The van der Waals surface area contributed by atoms with E-state index in [1.807, 2.05) is 0 Å². The third-order valence-electron chi connectivity index (χ3n) is 3.64. The van der Waals surface area contributed by atoms with Gasteiger partial charge in [-0.15, -0.1) is 16.8 Å². The first-order valence-corrected chi connectivity index (χ1v) is 11.4. The van der Waals surface area contributed by atoms with Gasteiger partial charge in [0, 0.05) is 32.0 Å². The van der Waals surface area contributed by atoms with Gasteiger partial charge in [0.1, 0.15) is 0 Å². The Morgan fingerprint density at radius 2 is 2.20 bits per heavy atom. The Morgan fingerprint density at radius 3 is 2.97 bits per heavy atom. The fourth-order valence-electron chi connectivity index (χ4n) is 2.29. The molecule has 3 heterocycles. The molecule has 0 radical (unpaired) electrons. The number of hydrogen-bond acceptors (Lipinski definition) is 10. The van der Waals surface area contributed by atoms with Crippen LogP contribution in [0, 0.1) is 0 Å². The highest BCUT2D eigenvalue weighted by atomic mass is 32.2. The maximum atomic E-state index is 12.4. The minimum absolute atomic E-state index is 0.111. The predicted octanol–water partition coefficient (Wildman–Crippen LogP) is 2.48. The molecule has 1 saturated heterocycles. The lowest BCUT2D eigenvalue weighted by Gasteiger charge is -2.12. The van der Waals surface area contributed by atoms with Crippen molar-refractivity contribution in [1.29, 1.82) is 0 Å². The zero-order valence-electron chi connectivity index (χ0n) is 15.7. The number of carbonyl (C=O) groups excluding carboxylic acids is 3. The van der Waals surface area contributed by atoms with Crippen LogP contribution in [0.1, 0.15) is 5.56 Å². The van der Waals surface area contributed by atoms with E-state index >= 15 is 0 Å². The highest BCUT2D eigenvalue weighted by Gasteiger charge is 2.34. The van der Waals surface area contributed by atoms with E-state index in [-0.39, 0.29) is 35.9 Å². The normalized spacial score (nSPS) is 14.9. The fraction of sp³-hybridized carbons (Fsp3) is 0.222. The molecule has 2 aromatic heterocycles. The smallest absolute Gasteiger partial charge is 0.293 e. The van der Waals surface area contributed by atoms with E-state index in [1.165, 1.54) is 23.1 Å². The molecular formula is C18H18N6O3S3. The summed E-state index contributed by atoms with van der Waals surface area (Å²) >= 11 is 3.50. The molecule has 3 rings (SSSR count). The standard InChI is InChI=1S/C18H18N6O3S3/c1-2-5-21-16-22-23-17(30-16)28-11-14(25)20-7-8-24-15(26)13(29-18(24)27)9-12-4-3-6-19-10-12/h2-4,6,9-10H,1,5,7-8,11H2,(H,20,25)(H,21,22). The van der Waals surface area contributed by atoms with E-state index in [9.17, 15) is 14.4 Å². The lowest BCUT2D eigenvalue weighted by molar-refractivity contribution is -0.123. The molecule has 2 N–H and O–H groups in total. The van der Waals surface area contributed by atoms with Crippen molar-refractivity contribution in [3.05, 3.63) is 47.6 Å². The van der Waals surface area contributed by atoms with Crippen molar-refractivity contribution >= 4 is 63.1 Å². The monoisotopic (exact) mass is 462 g/mol. The topological polar surface area (TPSA) is 117 Å². The van der Waals surface area contributed by atoms with E-state index < -0.39 is 0 Å². The number of pyridine rings is 1. The first-order valence-electron chi connectivity index (χ1n) is 8.80. The van der Waals surface area contributed by atoms with Crippen LogP contribution in [0.5, 0.6) is 0 Å². The Balaban J connectivity index is 1.42. The molecule has 0 spiro atoms. The molecule has 1 aliphatic heterocycles. The largest absolute Gasteiger partial charge is 0.357 e. The van der Waals surface area contributed by atoms with Crippen molar-refractivity contribution in [3.8, 4) is 0 Å². The minimum Gasteiger partial charge on any atom is -0.357 e. The van der Waals surface area contributed by atoms with Crippen LogP contribution in [0.15, 0.2) is 46.4 Å². The van der Waals surface area contributed by atoms with Gasteiger partial charge in [-0.3, -0.25) is 24.3 Å². The third-order valence-corrected chi connectivity index (χ3v) is 6.57. The van der Waals surface area contributed by atoms with Crippen molar-refractivity contribution < 1.29 is 14.4 Å². The SMILES string of the molecule is C=CCNc1nnc(SCC(=O)NCCN2C(=O)SC(=Cc3cccnc3)C2=O)s1. The van der Waals surface area contributed by atoms with Gasteiger partial charge >= 0.3 is 0 Å². The minimum atomic E-state index is -0.370. The van der Waals surface area contributed by atoms with Crippen molar-refractivity contribution in [2.75, 3.05) is 30.7 Å². The number of rotatable bonds is 10. The average molecular weight is 463 g/mol. The second-order valence-electron chi connectivity index (χ2n) is 5.80. The highest BCUT2D eigenvalue weighted by Crippen LogP contribution is 2.31. The quantitative estimate of drug-likeness (QED) is 0.312. The molecule has 9 nitrogen and oxygen atoms in total. The maximum absolute atomic E-state index is 12.4. The summed E-state index contributed by atoms with van der Waals surface area (Å²) in [5, 5.41) is 14.0. The molecule has 0 atom stereocenters. The van der Waals surface area contributed by atoms with E-state index in [0.29, 0.717) is 20.9 Å². The highest BCUT2D eigenvalue weighted by molar-refractivity contribution is 8.18. The van der Waals surface area contributed by atoms with Gasteiger partial charge in [-0.1, -0.05) is 35.2 Å². The molecule has 0 bridgehead atoms. The lowest BCUT2D eigenvalue weighted by atomic mass is 10.2. The van der Waals surface area contributed by atoms with Crippen LogP contribution in [0.25, 0.3) is 6.08 Å². The number of imide groups is 1. The number of aromatic nitrogens is 3. The summed E-state index contributed by atoms with van der Waals surface area (Å²) in [5.74, 6) is -0.418. The average Bonchev–Trinajstić information content (AvgIpc) is 3.31. The van der Waals surface area contributed by atoms with Crippen LogP contribution in [-0.4, -0.2) is 62.5 Å². The van der Waals surface area contributed by atoms with Crippen LogP contribution in [0.3, 0.4) is 0 Å². The summed E-state index contributed by atoms with van der Waals surface area (Å²) in [6.45, 7) is 4.49. The third kappa shape index (κ3) is 6.15. The molecule has 0 aliphatic carbocycles. The Hall–Kier alpha value is -2.70. The zero-order chi connectivity index (χ0) is 21.3. The first kappa shape index (κ1) is 22.0. The molecule has 0 saturated carbocycles. The van der Waals surface area contributed by atoms with E-state index in [2.05, 4.69) is 32.4 Å². The van der Waals surface area contributed by atoms with Gasteiger partial charge in [-0.05, 0) is 29.5 Å². The summed E-state index contributed by atoms with van der Waals surface area (Å²) in [5.41, 5.74) is 0.743. The Morgan fingerprint density at radius 1 is 1.33 bits per heavy atom. The predicted molar refractivity (Wildman–Crippen MR) is 119 cm³/mol. The van der Waals surface area contributed by atoms with E-state index in [0.717, 1.165) is 22.2 Å². The van der Waals surface area contributed by atoms with Crippen molar-refractivity contribution in [3.63, 3.8) is 0 Å². The van der Waals surface area contributed by atoms with Crippen LogP contribution in [0.4, 0.5) is 9.93 Å². The van der Waals surface area contributed by atoms with E-state index in [4.69, 9.17) is 0 Å². The number of anilines is 1. The molecule has 1 aliphatic rings. The van der Waals surface area contributed by atoms with Gasteiger partial charge in [0.15, 0.2) is 4.34 Å². The molecule has 0 unspecified atom stereocenters. The van der Waals surface area contributed by atoms with Gasteiger partial charge in [0.2, 0.25) is 11.0 Å². The number of nitrogens with one attached hydrogen (secondary N) is 2. The Bertz CT molecular complexity index is 963. The number of thioether (sulfide) groups is 2. The zero-order valence-corrected chi connectivity index (χ0v) is 18.2. The number of nitrogens with zero attached hydrogens (tertiary/aromatic N) is 4. The summed E-state index contributed by atoms with van der Waals surface area (Å²) in [4.78, 5) is 42.0. The van der Waals surface area contributed by atoms with E-state index in [1.54, 1.807) is 36.7 Å². The van der Waals surface area contributed by atoms with Gasteiger partial charge in [-0.2, -0.15) is 0 Å². The van der Waals surface area contributed by atoms with Crippen LogP contribution in [0.2, 0.25) is 0 Å². The summed E-state index contributed by atoms with van der Waals surface area (Å²) in [6, 6.07) is 3.55. The van der Waals surface area contributed by atoms with Gasteiger partial charge in [0.25, 0.3) is 11.1 Å². The summed E-state index contributed by atoms with van der Waals surface area (Å²) in [6.07, 6.45) is 6.59. The molecule has 12 heteroatoms. The Labute approximate surface area is 185 Å². The van der Waals surface area contributed by atoms with Gasteiger partial charge in [-0.25, -0.2) is 0 Å². The second kappa shape index (κ2) is 10.9. The second-order valence-corrected chi connectivity index (χ2v) is 8.99. The fourth-order valence-corrected chi connectivity index (χ4v) is 4.74. The van der Waals surface area contributed by atoms with Gasteiger partial charge in [0.05, 0.1) is 10.7 Å². The van der Waals surface area contributed by atoms with Crippen LogP contribution < -0.4 is 10.6 Å². The summed E-state index contributed by atoms with van der Waals surface area (Å²) < 4.78 is 0.670. The van der Waals surface area contributed by atoms with Crippen LogP contribution in [-0.2, 0) is 9.59 Å². The number of hydrogen-bond donors (Lipinski definition) is 2. The summed E-state index contributed by atoms with van der Waals surface area (Å²) in [7, 11) is 0. The molecule has 3 amide bonds. The maximum Gasteiger partial charge on any atom is 0.293 e. The van der Waals surface area contributed by atoms with Crippen molar-refractivity contribution in [2.45, 2.75) is 4.34 Å². The van der Waals surface area contributed by atoms with Crippen molar-refractivity contribution in [2.24, 2.45) is 0 Å². The lowest BCUT2D eigenvalue weighted by Crippen LogP contribution is -2.37. The molecule has 0 aromatic carbocycles. The number of carbonyl (C=O) groups is 3. The molecule has 156 valence electrons. The molecular weight excluding hydrogens is 444 g/mol. The number of amides is 3. The molecule has 2 aromatic rings. The van der Waals surface area contributed by atoms with Gasteiger partial charge < -0.3 is 10.6 Å². The van der Waals surface area contributed by atoms with Crippen LogP contribution >= 0.6 is 34.9 Å².